The third-order valence-corrected chi connectivity index (χ3v) is 4.12. The molecule has 1 fully saturated rings. The molecule has 0 saturated heterocycles. The van der Waals surface area contributed by atoms with E-state index >= 15 is 0 Å². The molecule has 1 aliphatic carbocycles. The van der Waals surface area contributed by atoms with Crippen LogP contribution in [0, 0.1) is 11.3 Å². The van der Waals surface area contributed by atoms with Gasteiger partial charge in [-0.15, -0.1) is 10.2 Å². The van der Waals surface area contributed by atoms with Gasteiger partial charge >= 0.3 is 0 Å². The molecule has 3 N–H and O–H groups in total. The number of tetrazole rings is 1. The summed E-state index contributed by atoms with van der Waals surface area (Å²) in [6.07, 6.45) is 5.74. The zero-order chi connectivity index (χ0) is 13.2. The molecule has 0 amide bonds. The van der Waals surface area contributed by atoms with Gasteiger partial charge in [-0.1, -0.05) is 13.8 Å². The van der Waals surface area contributed by atoms with Gasteiger partial charge in [-0.25, -0.2) is 0 Å². The minimum atomic E-state index is 0.255. The smallest absolute Gasteiger partial charge is 0.176 e. The normalized spacial score (nSPS) is 22.0. The maximum atomic E-state index is 5.69. The van der Waals surface area contributed by atoms with E-state index in [-0.39, 0.29) is 6.04 Å². The quantitative estimate of drug-likeness (QED) is 0.612. The Bertz CT molecular complexity index is 376. The Labute approximate surface area is 108 Å². The van der Waals surface area contributed by atoms with Crippen molar-refractivity contribution in [2.75, 3.05) is 0 Å². The van der Waals surface area contributed by atoms with Crippen LogP contribution < -0.4 is 11.3 Å². The van der Waals surface area contributed by atoms with E-state index in [1.54, 1.807) is 7.05 Å². The SMILES string of the molecule is Cn1nnc(CC(NN)C2CCC(C)(C)CC2)n1. The fourth-order valence-electron chi connectivity index (χ4n) is 2.79. The first-order valence-electron chi connectivity index (χ1n) is 6.69. The molecule has 0 aliphatic heterocycles. The van der Waals surface area contributed by atoms with E-state index in [0.717, 1.165) is 12.2 Å². The van der Waals surface area contributed by atoms with Crippen LogP contribution in [0.2, 0.25) is 0 Å². The lowest BCUT2D eigenvalue weighted by Gasteiger charge is -2.37. The predicted octanol–water partition coefficient (Wildman–Crippen LogP) is 0.801. The topological polar surface area (TPSA) is 81.7 Å². The first-order valence-corrected chi connectivity index (χ1v) is 6.69. The Morgan fingerprint density at radius 3 is 2.61 bits per heavy atom. The monoisotopic (exact) mass is 252 g/mol. The number of hydrogen-bond donors (Lipinski definition) is 2. The Balaban J connectivity index is 1.93. The van der Waals surface area contributed by atoms with Crippen molar-refractivity contribution < 1.29 is 0 Å². The van der Waals surface area contributed by atoms with Gasteiger partial charge in [0.1, 0.15) is 0 Å². The molecule has 6 heteroatoms. The van der Waals surface area contributed by atoms with Crippen molar-refractivity contribution in [1.82, 2.24) is 25.6 Å². The van der Waals surface area contributed by atoms with Crippen LogP contribution in [0.25, 0.3) is 0 Å². The fourth-order valence-corrected chi connectivity index (χ4v) is 2.79. The predicted molar refractivity (Wildman–Crippen MR) is 69.4 cm³/mol. The molecule has 6 nitrogen and oxygen atoms in total. The maximum absolute atomic E-state index is 5.69. The van der Waals surface area contributed by atoms with Gasteiger partial charge in [0.2, 0.25) is 0 Å². The Morgan fingerprint density at radius 2 is 2.11 bits per heavy atom. The highest BCUT2D eigenvalue weighted by atomic mass is 15.6. The second-order valence-electron chi connectivity index (χ2n) is 6.17. The lowest BCUT2D eigenvalue weighted by Crippen LogP contribution is -2.44. The maximum Gasteiger partial charge on any atom is 0.176 e. The molecule has 0 spiro atoms. The molecule has 2 rings (SSSR count). The fraction of sp³-hybridized carbons (Fsp3) is 0.917. The summed E-state index contributed by atoms with van der Waals surface area (Å²) in [7, 11) is 1.78. The molecule has 0 bridgehead atoms. The summed E-state index contributed by atoms with van der Waals surface area (Å²) >= 11 is 0. The third-order valence-electron chi connectivity index (χ3n) is 4.12. The first-order chi connectivity index (χ1) is 8.50. The molecule has 1 atom stereocenters. The molecule has 1 aliphatic rings. The van der Waals surface area contributed by atoms with E-state index in [1.165, 1.54) is 30.5 Å². The van der Waals surface area contributed by atoms with Gasteiger partial charge in [0, 0.05) is 12.5 Å². The van der Waals surface area contributed by atoms with E-state index in [1.807, 2.05) is 0 Å². The van der Waals surface area contributed by atoms with Crippen molar-refractivity contribution in [3.05, 3.63) is 5.82 Å². The van der Waals surface area contributed by atoms with E-state index in [2.05, 4.69) is 34.7 Å². The molecular formula is C12H24N6. The number of hydrazine groups is 1. The van der Waals surface area contributed by atoms with Crippen LogP contribution in [0.15, 0.2) is 0 Å². The Hall–Kier alpha value is -1.01. The van der Waals surface area contributed by atoms with Gasteiger partial charge in [-0.2, -0.15) is 4.80 Å². The van der Waals surface area contributed by atoms with E-state index in [0.29, 0.717) is 11.3 Å². The van der Waals surface area contributed by atoms with Gasteiger partial charge in [-0.05, 0) is 42.2 Å². The second-order valence-corrected chi connectivity index (χ2v) is 6.17. The van der Waals surface area contributed by atoms with Gasteiger partial charge in [0.25, 0.3) is 0 Å². The molecular weight excluding hydrogens is 228 g/mol. The highest BCUT2D eigenvalue weighted by molar-refractivity contribution is 4.90. The van der Waals surface area contributed by atoms with Gasteiger partial charge in [0.05, 0.1) is 7.05 Å². The lowest BCUT2D eigenvalue weighted by molar-refractivity contribution is 0.160. The van der Waals surface area contributed by atoms with Crippen molar-refractivity contribution >= 4 is 0 Å². The highest BCUT2D eigenvalue weighted by Gasteiger charge is 2.31. The molecule has 1 heterocycles. The minimum absolute atomic E-state index is 0.255. The molecule has 1 saturated carbocycles. The first kappa shape index (κ1) is 13.4. The Kier molecular flexibility index (Phi) is 3.97. The summed E-state index contributed by atoms with van der Waals surface area (Å²) in [6, 6.07) is 0.255. The molecule has 102 valence electrons. The summed E-state index contributed by atoms with van der Waals surface area (Å²) in [6.45, 7) is 4.69. The van der Waals surface area contributed by atoms with Gasteiger partial charge in [0.15, 0.2) is 5.82 Å². The highest BCUT2D eigenvalue weighted by Crippen LogP contribution is 2.39. The summed E-state index contributed by atoms with van der Waals surface area (Å²) in [5, 5.41) is 12.1. The molecule has 0 radical (unpaired) electrons. The van der Waals surface area contributed by atoms with Crippen molar-refractivity contribution in [2.45, 2.75) is 52.0 Å². The van der Waals surface area contributed by atoms with E-state index in [4.69, 9.17) is 5.84 Å². The summed E-state index contributed by atoms with van der Waals surface area (Å²) in [5.41, 5.74) is 3.43. The second kappa shape index (κ2) is 5.32. The lowest BCUT2D eigenvalue weighted by atomic mass is 9.71. The number of aromatic nitrogens is 4. The van der Waals surface area contributed by atoms with Crippen LogP contribution >= 0.6 is 0 Å². The van der Waals surface area contributed by atoms with Crippen molar-refractivity contribution in [2.24, 2.45) is 24.2 Å². The molecule has 18 heavy (non-hydrogen) atoms. The van der Waals surface area contributed by atoms with Crippen molar-refractivity contribution in [1.29, 1.82) is 0 Å². The zero-order valence-corrected chi connectivity index (χ0v) is 11.6. The van der Waals surface area contributed by atoms with Crippen LogP contribution in [0.3, 0.4) is 0 Å². The largest absolute Gasteiger partial charge is 0.271 e. The van der Waals surface area contributed by atoms with E-state index < -0.39 is 0 Å². The summed E-state index contributed by atoms with van der Waals surface area (Å²) in [4.78, 5) is 1.49. The molecule has 1 unspecified atom stereocenters. The van der Waals surface area contributed by atoms with Gasteiger partial charge < -0.3 is 0 Å². The van der Waals surface area contributed by atoms with Crippen molar-refractivity contribution in [3.8, 4) is 0 Å². The minimum Gasteiger partial charge on any atom is -0.271 e. The number of nitrogens with zero attached hydrogens (tertiary/aromatic N) is 4. The van der Waals surface area contributed by atoms with Crippen molar-refractivity contribution in [3.63, 3.8) is 0 Å². The number of aryl methyl sites for hydroxylation is 1. The van der Waals surface area contributed by atoms with Crippen LogP contribution in [0.4, 0.5) is 0 Å². The Morgan fingerprint density at radius 1 is 1.44 bits per heavy atom. The average Bonchev–Trinajstić information content (AvgIpc) is 2.72. The van der Waals surface area contributed by atoms with Crippen LogP contribution in [-0.4, -0.2) is 26.2 Å². The summed E-state index contributed by atoms with van der Waals surface area (Å²) < 4.78 is 0. The number of nitrogens with two attached hydrogens (primary N) is 1. The van der Waals surface area contributed by atoms with Crippen LogP contribution in [0.1, 0.15) is 45.4 Å². The van der Waals surface area contributed by atoms with Gasteiger partial charge in [-0.3, -0.25) is 11.3 Å². The number of hydrogen-bond acceptors (Lipinski definition) is 5. The van der Waals surface area contributed by atoms with E-state index in [9.17, 15) is 0 Å². The average molecular weight is 252 g/mol. The molecule has 1 aromatic rings. The molecule has 1 aromatic heterocycles. The summed E-state index contributed by atoms with van der Waals surface area (Å²) in [5.74, 6) is 7.08. The van der Waals surface area contributed by atoms with Crippen LogP contribution in [-0.2, 0) is 13.5 Å². The molecule has 0 aromatic carbocycles. The number of rotatable bonds is 4. The standard InChI is InChI=1S/C12H24N6/c1-12(2)6-4-9(5-7-12)10(14-13)8-11-15-17-18(3)16-11/h9-10,14H,4-8,13H2,1-3H3. The zero-order valence-electron chi connectivity index (χ0n) is 11.6. The third kappa shape index (κ3) is 3.26. The van der Waals surface area contributed by atoms with Crippen LogP contribution in [0.5, 0.6) is 0 Å². The number of nitrogens with one attached hydrogen (secondary N) is 1.